The number of allylic oxidation sites excluding steroid dienone is 1. The van der Waals surface area contributed by atoms with Gasteiger partial charge in [0, 0.05) is 0 Å². The van der Waals surface area contributed by atoms with Gasteiger partial charge in [0.1, 0.15) is 0 Å². The van der Waals surface area contributed by atoms with Gasteiger partial charge in [0.2, 0.25) is 0 Å². The average molecular weight is 240 g/mol. The molecular formula is C11H13F5. The lowest BCUT2D eigenvalue weighted by atomic mass is 9.84. The van der Waals surface area contributed by atoms with Crippen molar-refractivity contribution in [3.63, 3.8) is 0 Å². The van der Waals surface area contributed by atoms with E-state index in [4.69, 9.17) is 0 Å². The van der Waals surface area contributed by atoms with E-state index in [-0.39, 0.29) is 11.8 Å². The Morgan fingerprint density at radius 3 is 2.12 bits per heavy atom. The van der Waals surface area contributed by atoms with Crippen LogP contribution < -0.4 is 0 Å². The van der Waals surface area contributed by atoms with Crippen LogP contribution in [-0.4, -0.2) is 6.18 Å². The van der Waals surface area contributed by atoms with E-state index in [1.54, 1.807) is 0 Å². The van der Waals surface area contributed by atoms with Crippen LogP contribution in [0.1, 0.15) is 32.1 Å². The highest BCUT2D eigenvalue weighted by Crippen LogP contribution is 2.51. The summed E-state index contributed by atoms with van der Waals surface area (Å²) in [5.74, 6) is 0.533. The summed E-state index contributed by atoms with van der Waals surface area (Å²) in [6, 6.07) is 0. The predicted octanol–water partition coefficient (Wildman–Crippen LogP) is 4.53. The lowest BCUT2D eigenvalue weighted by molar-refractivity contribution is -0.0995. The molecule has 92 valence electrons. The number of rotatable bonds is 2. The third kappa shape index (κ3) is 2.23. The van der Waals surface area contributed by atoms with Crippen molar-refractivity contribution in [3.8, 4) is 0 Å². The maximum Gasteiger partial charge on any atom is 0.417 e. The molecule has 0 aromatic heterocycles. The second-order valence-electron chi connectivity index (χ2n) is 4.88. The Kier molecular flexibility index (Phi) is 2.97. The van der Waals surface area contributed by atoms with Gasteiger partial charge in [-0.15, -0.1) is 0 Å². The third-order valence-electron chi connectivity index (χ3n) is 3.92. The van der Waals surface area contributed by atoms with Gasteiger partial charge in [-0.2, -0.15) is 22.0 Å². The van der Waals surface area contributed by atoms with Crippen LogP contribution in [0.25, 0.3) is 0 Å². The molecule has 2 fully saturated rings. The molecular weight excluding hydrogens is 227 g/mol. The highest BCUT2D eigenvalue weighted by Gasteiger charge is 2.45. The lowest BCUT2D eigenvalue weighted by Crippen LogP contribution is -2.19. The molecule has 16 heavy (non-hydrogen) atoms. The fourth-order valence-electron chi connectivity index (χ4n) is 3.19. The van der Waals surface area contributed by atoms with Gasteiger partial charge in [0.25, 0.3) is 6.08 Å². The van der Waals surface area contributed by atoms with Crippen LogP contribution in [0.15, 0.2) is 11.7 Å². The van der Waals surface area contributed by atoms with E-state index in [9.17, 15) is 22.0 Å². The van der Waals surface area contributed by atoms with Crippen LogP contribution in [0.2, 0.25) is 0 Å². The molecule has 0 aromatic carbocycles. The highest BCUT2D eigenvalue weighted by atomic mass is 19.4. The Balaban J connectivity index is 2.06. The number of halogens is 5. The van der Waals surface area contributed by atoms with E-state index in [1.807, 2.05) is 0 Å². The first-order chi connectivity index (χ1) is 7.38. The van der Waals surface area contributed by atoms with Gasteiger partial charge in [-0.3, -0.25) is 0 Å². The molecule has 0 saturated heterocycles. The average Bonchev–Trinajstić information content (AvgIpc) is 2.72. The fraction of sp³-hybridized carbons (Fsp3) is 0.818. The zero-order valence-corrected chi connectivity index (χ0v) is 8.66. The molecule has 0 aliphatic heterocycles. The lowest BCUT2D eigenvalue weighted by Gasteiger charge is -2.23. The minimum Gasteiger partial charge on any atom is -0.173 e. The molecule has 2 rings (SSSR count). The van der Waals surface area contributed by atoms with Crippen molar-refractivity contribution < 1.29 is 22.0 Å². The summed E-state index contributed by atoms with van der Waals surface area (Å²) in [6.45, 7) is 0. The molecule has 0 radical (unpaired) electrons. The van der Waals surface area contributed by atoms with Crippen molar-refractivity contribution in [2.75, 3.05) is 0 Å². The van der Waals surface area contributed by atoms with Crippen molar-refractivity contribution in [2.45, 2.75) is 38.3 Å². The molecule has 3 unspecified atom stereocenters. The molecule has 0 aromatic rings. The Labute approximate surface area is 90.5 Å². The Hall–Kier alpha value is -0.610. The summed E-state index contributed by atoms with van der Waals surface area (Å²) in [4.78, 5) is 0. The zero-order chi connectivity index (χ0) is 11.9. The van der Waals surface area contributed by atoms with Crippen molar-refractivity contribution in [3.05, 3.63) is 11.7 Å². The van der Waals surface area contributed by atoms with Crippen LogP contribution in [0, 0.1) is 17.8 Å². The standard InChI is InChI=1S/C11H13F5/c12-10(13)9(11(14,15)16)5-8-4-6-1-2-7(8)3-6/h6-8H,1-5H2. The number of alkyl halides is 3. The molecule has 2 saturated carbocycles. The minimum absolute atomic E-state index is 0.183. The van der Waals surface area contributed by atoms with Crippen LogP contribution in [-0.2, 0) is 0 Å². The Morgan fingerprint density at radius 2 is 1.75 bits per heavy atom. The normalized spacial score (nSPS) is 33.2. The van der Waals surface area contributed by atoms with Gasteiger partial charge in [-0.25, -0.2) is 0 Å². The minimum atomic E-state index is -4.87. The van der Waals surface area contributed by atoms with Crippen molar-refractivity contribution in [1.29, 1.82) is 0 Å². The SMILES string of the molecule is FC(F)=C(CC1CC2CCC1C2)C(F)(F)F. The Bertz CT molecular complexity index is 300. The largest absolute Gasteiger partial charge is 0.417 e. The molecule has 0 heterocycles. The zero-order valence-electron chi connectivity index (χ0n) is 8.66. The van der Waals surface area contributed by atoms with Crippen LogP contribution in [0.4, 0.5) is 22.0 Å². The molecule has 2 bridgehead atoms. The van der Waals surface area contributed by atoms with Crippen molar-refractivity contribution >= 4 is 0 Å². The molecule has 0 nitrogen and oxygen atoms in total. The second-order valence-corrected chi connectivity index (χ2v) is 4.88. The highest BCUT2D eigenvalue weighted by molar-refractivity contribution is 5.12. The molecule has 3 atom stereocenters. The predicted molar refractivity (Wildman–Crippen MR) is 48.9 cm³/mol. The van der Waals surface area contributed by atoms with Gasteiger partial charge in [0.15, 0.2) is 0 Å². The van der Waals surface area contributed by atoms with Crippen LogP contribution in [0.5, 0.6) is 0 Å². The quantitative estimate of drug-likeness (QED) is 0.622. The third-order valence-corrected chi connectivity index (χ3v) is 3.92. The summed E-state index contributed by atoms with van der Waals surface area (Å²) < 4.78 is 61.5. The summed E-state index contributed by atoms with van der Waals surface area (Å²) in [5, 5.41) is 0. The van der Waals surface area contributed by atoms with Crippen molar-refractivity contribution in [1.82, 2.24) is 0 Å². The summed E-state index contributed by atoms with van der Waals surface area (Å²) >= 11 is 0. The molecule has 0 amide bonds. The van der Waals surface area contributed by atoms with Gasteiger partial charge >= 0.3 is 6.18 Å². The van der Waals surface area contributed by atoms with E-state index < -0.39 is 24.3 Å². The van der Waals surface area contributed by atoms with E-state index in [0.29, 0.717) is 12.3 Å². The fourth-order valence-corrected chi connectivity index (χ4v) is 3.19. The number of fused-ring (bicyclic) bond motifs is 2. The number of hydrogen-bond donors (Lipinski definition) is 0. The smallest absolute Gasteiger partial charge is 0.173 e. The second kappa shape index (κ2) is 4.00. The summed E-state index contributed by atoms with van der Waals surface area (Å²) in [6.07, 6.45) is -4.33. The van der Waals surface area contributed by atoms with Crippen LogP contribution >= 0.6 is 0 Å². The molecule has 5 heteroatoms. The van der Waals surface area contributed by atoms with Gasteiger partial charge in [-0.05, 0) is 43.4 Å². The number of hydrogen-bond acceptors (Lipinski definition) is 0. The topological polar surface area (TPSA) is 0 Å². The summed E-state index contributed by atoms with van der Waals surface area (Å²) in [7, 11) is 0. The molecule has 2 aliphatic rings. The van der Waals surface area contributed by atoms with Gasteiger partial charge in [0.05, 0.1) is 5.57 Å². The van der Waals surface area contributed by atoms with Crippen LogP contribution in [0.3, 0.4) is 0 Å². The first kappa shape index (κ1) is 11.9. The van der Waals surface area contributed by atoms with E-state index in [2.05, 4.69) is 0 Å². The first-order valence-electron chi connectivity index (χ1n) is 5.49. The molecule has 0 spiro atoms. The molecule has 0 N–H and O–H groups in total. The maximum absolute atomic E-state index is 12.3. The van der Waals surface area contributed by atoms with E-state index in [1.165, 1.54) is 0 Å². The monoisotopic (exact) mass is 240 g/mol. The van der Waals surface area contributed by atoms with E-state index in [0.717, 1.165) is 19.3 Å². The molecule has 2 aliphatic carbocycles. The van der Waals surface area contributed by atoms with Crippen molar-refractivity contribution in [2.24, 2.45) is 17.8 Å². The first-order valence-corrected chi connectivity index (χ1v) is 5.49. The maximum atomic E-state index is 12.3. The Morgan fingerprint density at radius 1 is 1.06 bits per heavy atom. The van der Waals surface area contributed by atoms with Gasteiger partial charge in [-0.1, -0.05) is 6.42 Å². The van der Waals surface area contributed by atoms with E-state index >= 15 is 0 Å². The van der Waals surface area contributed by atoms with Gasteiger partial charge < -0.3 is 0 Å². The summed E-state index contributed by atoms with van der Waals surface area (Å²) in [5.41, 5.74) is -1.61.